The molecule has 0 unspecified atom stereocenters. The third-order valence-electron chi connectivity index (χ3n) is 1.66. The van der Waals surface area contributed by atoms with E-state index in [9.17, 15) is 26.0 Å². The summed E-state index contributed by atoms with van der Waals surface area (Å²) in [4.78, 5) is 0. The number of alkyl halides is 3. The summed E-state index contributed by atoms with van der Waals surface area (Å²) in [6.45, 7) is -1.02. The fraction of sp³-hybridized carbons (Fsp3) is 0.250. The Hall–Kier alpha value is -0.670. The highest BCUT2D eigenvalue weighted by Gasteiger charge is 2.47. The van der Waals surface area contributed by atoms with E-state index < -0.39 is 28.1 Å². The van der Waals surface area contributed by atoms with Crippen molar-refractivity contribution in [2.45, 2.75) is 12.1 Å². The largest absolute Gasteiger partial charge is 0.523 e. The normalized spacial score (nSPS) is 12.8. The van der Waals surface area contributed by atoms with Crippen LogP contribution in [0, 0.1) is 5.82 Å². The van der Waals surface area contributed by atoms with Crippen LogP contribution >= 0.6 is 15.9 Å². The molecule has 1 aromatic carbocycles. The Labute approximate surface area is 103 Å². The van der Waals surface area contributed by atoms with Crippen molar-refractivity contribution in [3.63, 3.8) is 0 Å². The van der Waals surface area contributed by atoms with Crippen molar-refractivity contribution in [3.8, 4) is 0 Å². The first-order chi connectivity index (χ1) is 7.63. The predicted octanol–water partition coefficient (Wildman–Crippen LogP) is 2.95. The number of hydrogen-bond donors (Lipinski definition) is 0. The number of halogens is 5. The van der Waals surface area contributed by atoms with Gasteiger partial charge < -0.3 is 0 Å². The molecule has 1 rings (SSSR count). The van der Waals surface area contributed by atoms with Gasteiger partial charge in [-0.05, 0) is 18.2 Å². The predicted molar refractivity (Wildman–Crippen MR) is 53.9 cm³/mol. The van der Waals surface area contributed by atoms with Crippen LogP contribution in [0.4, 0.5) is 17.6 Å². The first kappa shape index (κ1) is 14.4. The van der Waals surface area contributed by atoms with Gasteiger partial charge in [-0.2, -0.15) is 21.6 Å². The van der Waals surface area contributed by atoms with E-state index in [1.807, 2.05) is 0 Å². The quantitative estimate of drug-likeness (QED) is 0.484. The molecule has 0 aliphatic rings. The number of rotatable bonds is 3. The molecular formula is C8H5BrF4O3S. The third-order valence-corrected chi connectivity index (χ3v) is 3.15. The van der Waals surface area contributed by atoms with Crippen LogP contribution < -0.4 is 0 Å². The van der Waals surface area contributed by atoms with Crippen molar-refractivity contribution in [1.29, 1.82) is 0 Å². The average molecular weight is 337 g/mol. The van der Waals surface area contributed by atoms with Crippen molar-refractivity contribution in [1.82, 2.24) is 0 Å². The summed E-state index contributed by atoms with van der Waals surface area (Å²) < 4.78 is 73.9. The summed E-state index contributed by atoms with van der Waals surface area (Å²) in [6, 6.07) is 3.42. The lowest BCUT2D eigenvalue weighted by atomic mass is 10.2. The Morgan fingerprint density at radius 2 is 1.88 bits per heavy atom. The maximum atomic E-state index is 13.1. The zero-order valence-corrected chi connectivity index (χ0v) is 10.4. The van der Waals surface area contributed by atoms with E-state index in [0.717, 1.165) is 12.1 Å². The van der Waals surface area contributed by atoms with E-state index in [4.69, 9.17) is 0 Å². The molecule has 0 radical (unpaired) electrons. The molecule has 0 saturated heterocycles. The Bertz CT molecular complexity index is 512. The van der Waals surface area contributed by atoms with Crippen LogP contribution in [0.3, 0.4) is 0 Å². The van der Waals surface area contributed by atoms with Crippen molar-refractivity contribution >= 4 is 26.0 Å². The maximum absolute atomic E-state index is 13.1. The summed E-state index contributed by atoms with van der Waals surface area (Å²) in [7, 11) is -5.71. The van der Waals surface area contributed by atoms with Gasteiger partial charge in [0.1, 0.15) is 5.82 Å². The second-order valence-corrected chi connectivity index (χ2v) is 5.42. The molecular weight excluding hydrogens is 332 g/mol. The molecule has 0 aliphatic heterocycles. The van der Waals surface area contributed by atoms with E-state index in [2.05, 4.69) is 20.1 Å². The van der Waals surface area contributed by atoms with Crippen molar-refractivity contribution in [2.75, 3.05) is 0 Å². The molecule has 0 fully saturated rings. The van der Waals surface area contributed by atoms with Gasteiger partial charge in [0.25, 0.3) is 0 Å². The highest BCUT2D eigenvalue weighted by Crippen LogP contribution is 2.26. The minimum absolute atomic E-state index is 0.299. The summed E-state index contributed by atoms with van der Waals surface area (Å²) >= 11 is 2.96. The highest BCUT2D eigenvalue weighted by molar-refractivity contribution is 9.10. The van der Waals surface area contributed by atoms with E-state index >= 15 is 0 Å². The van der Waals surface area contributed by atoms with Crippen LogP contribution in [0.25, 0.3) is 0 Å². The van der Waals surface area contributed by atoms with Gasteiger partial charge in [0.2, 0.25) is 0 Å². The summed E-state index contributed by atoms with van der Waals surface area (Å²) in [5.74, 6) is -0.856. The van der Waals surface area contributed by atoms with Crippen LogP contribution in [0.2, 0.25) is 0 Å². The smallest absolute Gasteiger partial charge is 0.258 e. The van der Waals surface area contributed by atoms with E-state index in [1.54, 1.807) is 0 Å². The van der Waals surface area contributed by atoms with Gasteiger partial charge in [0, 0.05) is 10.0 Å². The molecule has 0 N–H and O–H groups in total. The molecule has 0 amide bonds. The monoisotopic (exact) mass is 336 g/mol. The van der Waals surface area contributed by atoms with E-state index in [-0.39, 0.29) is 5.56 Å². The number of hydrogen-bond acceptors (Lipinski definition) is 3. The second kappa shape index (κ2) is 4.91. The summed E-state index contributed by atoms with van der Waals surface area (Å²) in [6.07, 6.45) is 0. The van der Waals surface area contributed by atoms with Gasteiger partial charge in [-0.3, -0.25) is 4.18 Å². The van der Waals surface area contributed by atoms with Crippen LogP contribution in [0.5, 0.6) is 0 Å². The second-order valence-electron chi connectivity index (χ2n) is 2.90. The molecule has 17 heavy (non-hydrogen) atoms. The highest BCUT2D eigenvalue weighted by atomic mass is 79.9. The zero-order chi connectivity index (χ0) is 13.3. The van der Waals surface area contributed by atoms with Crippen LogP contribution in [0.1, 0.15) is 5.56 Å². The lowest BCUT2D eigenvalue weighted by Crippen LogP contribution is -2.25. The minimum atomic E-state index is -5.71. The van der Waals surface area contributed by atoms with Gasteiger partial charge in [0.15, 0.2) is 0 Å². The standard InChI is InChI=1S/C8H5BrF4O3S/c9-6-1-2-7(10)5(3-6)4-16-17(14,15)8(11,12)13/h1-3H,4H2. The SMILES string of the molecule is O=S(=O)(OCc1cc(Br)ccc1F)C(F)(F)F. The topological polar surface area (TPSA) is 43.4 Å². The van der Waals surface area contributed by atoms with E-state index in [0.29, 0.717) is 4.47 Å². The van der Waals surface area contributed by atoms with Crippen LogP contribution in [-0.2, 0) is 20.9 Å². The van der Waals surface area contributed by atoms with Crippen LogP contribution in [-0.4, -0.2) is 13.9 Å². The van der Waals surface area contributed by atoms with Gasteiger partial charge in [-0.25, -0.2) is 4.39 Å². The van der Waals surface area contributed by atoms with Gasteiger partial charge in [-0.1, -0.05) is 15.9 Å². The third kappa shape index (κ3) is 3.65. The molecule has 0 aliphatic carbocycles. The lowest BCUT2D eigenvalue weighted by molar-refractivity contribution is -0.0548. The zero-order valence-electron chi connectivity index (χ0n) is 7.96. The van der Waals surface area contributed by atoms with Gasteiger partial charge in [0.05, 0.1) is 6.61 Å². The Morgan fingerprint density at radius 3 is 2.41 bits per heavy atom. The van der Waals surface area contributed by atoms with Crippen molar-refractivity contribution < 1.29 is 30.2 Å². The molecule has 0 heterocycles. The molecule has 0 atom stereocenters. The molecule has 3 nitrogen and oxygen atoms in total. The van der Waals surface area contributed by atoms with Crippen molar-refractivity contribution in [2.24, 2.45) is 0 Å². The fourth-order valence-electron chi connectivity index (χ4n) is 0.862. The molecule has 0 spiro atoms. The maximum Gasteiger partial charge on any atom is 0.523 e. The summed E-state index contributed by atoms with van der Waals surface area (Å²) in [5.41, 5.74) is -5.82. The molecule has 96 valence electrons. The first-order valence-electron chi connectivity index (χ1n) is 4.03. The lowest BCUT2D eigenvalue weighted by Gasteiger charge is -2.08. The van der Waals surface area contributed by atoms with Gasteiger partial charge in [-0.15, -0.1) is 0 Å². The molecule has 1 aromatic rings. The first-order valence-corrected chi connectivity index (χ1v) is 6.23. The summed E-state index contributed by atoms with van der Waals surface area (Å²) in [5, 5.41) is 0. The molecule has 9 heteroatoms. The molecule has 0 bridgehead atoms. The van der Waals surface area contributed by atoms with Crippen molar-refractivity contribution in [3.05, 3.63) is 34.1 Å². The Morgan fingerprint density at radius 1 is 1.29 bits per heavy atom. The minimum Gasteiger partial charge on any atom is -0.258 e. The number of benzene rings is 1. The Balaban J connectivity index is 2.85. The van der Waals surface area contributed by atoms with Gasteiger partial charge >= 0.3 is 15.6 Å². The fourth-order valence-corrected chi connectivity index (χ4v) is 1.69. The molecule has 0 saturated carbocycles. The van der Waals surface area contributed by atoms with Crippen LogP contribution in [0.15, 0.2) is 22.7 Å². The Kier molecular flexibility index (Phi) is 4.15. The van der Waals surface area contributed by atoms with E-state index in [1.165, 1.54) is 6.07 Å². The average Bonchev–Trinajstić information content (AvgIpc) is 2.18. The molecule has 0 aromatic heterocycles.